The second kappa shape index (κ2) is 7.78. The van der Waals surface area contributed by atoms with Crippen LogP contribution in [0.3, 0.4) is 0 Å². The van der Waals surface area contributed by atoms with Gasteiger partial charge in [-0.15, -0.1) is 0 Å². The van der Waals surface area contributed by atoms with Gasteiger partial charge in [-0.05, 0) is 32.6 Å². The van der Waals surface area contributed by atoms with Gasteiger partial charge in [0.1, 0.15) is 18.0 Å². The van der Waals surface area contributed by atoms with Gasteiger partial charge < -0.3 is 15.5 Å². The summed E-state index contributed by atoms with van der Waals surface area (Å²) < 4.78 is 0. The van der Waals surface area contributed by atoms with E-state index in [2.05, 4.69) is 30.4 Å². The predicted octanol–water partition coefficient (Wildman–Crippen LogP) is 1.62. The summed E-state index contributed by atoms with van der Waals surface area (Å²) in [5, 5.41) is 6.66. The highest BCUT2D eigenvalue weighted by Gasteiger charge is 2.28. The zero-order valence-electron chi connectivity index (χ0n) is 15.7. The molecular weight excluding hydrogens is 328 g/mol. The van der Waals surface area contributed by atoms with Gasteiger partial charge in [-0.1, -0.05) is 12.8 Å². The van der Waals surface area contributed by atoms with Crippen LogP contribution in [0.25, 0.3) is 0 Å². The fourth-order valence-corrected chi connectivity index (χ4v) is 3.93. The lowest BCUT2D eigenvalue weighted by atomic mass is 10.2. The summed E-state index contributed by atoms with van der Waals surface area (Å²) in [5.74, 6) is 2.08. The summed E-state index contributed by atoms with van der Waals surface area (Å²) in [7, 11) is 0. The first-order valence-electron chi connectivity index (χ1n) is 10.1. The molecule has 0 bridgehead atoms. The predicted molar refractivity (Wildman–Crippen MR) is 102 cm³/mol. The summed E-state index contributed by atoms with van der Waals surface area (Å²) in [6.45, 7) is 5.58. The number of rotatable bonds is 6. The van der Waals surface area contributed by atoms with Crippen LogP contribution >= 0.6 is 0 Å². The van der Waals surface area contributed by atoms with Gasteiger partial charge in [0.25, 0.3) is 0 Å². The van der Waals surface area contributed by atoms with Crippen LogP contribution in [0, 0.1) is 0 Å². The van der Waals surface area contributed by atoms with E-state index in [-0.39, 0.29) is 11.9 Å². The van der Waals surface area contributed by atoms with Crippen molar-refractivity contribution in [2.24, 2.45) is 0 Å². The Morgan fingerprint density at radius 1 is 1.08 bits per heavy atom. The minimum atomic E-state index is -0.0600. The van der Waals surface area contributed by atoms with Crippen molar-refractivity contribution in [3.05, 3.63) is 12.4 Å². The molecule has 1 amide bonds. The first-order valence-corrected chi connectivity index (χ1v) is 10.1. The van der Waals surface area contributed by atoms with Crippen LogP contribution in [-0.4, -0.2) is 65.1 Å². The van der Waals surface area contributed by atoms with Crippen molar-refractivity contribution in [2.45, 2.75) is 63.6 Å². The summed E-state index contributed by atoms with van der Waals surface area (Å²) in [6.07, 6.45) is 8.87. The molecule has 0 radical (unpaired) electrons. The average molecular weight is 358 g/mol. The molecule has 7 heteroatoms. The maximum atomic E-state index is 12.5. The molecule has 7 nitrogen and oxygen atoms in total. The van der Waals surface area contributed by atoms with E-state index in [4.69, 9.17) is 0 Å². The topological polar surface area (TPSA) is 73.4 Å². The van der Waals surface area contributed by atoms with Gasteiger partial charge in [0, 0.05) is 44.3 Å². The Morgan fingerprint density at radius 2 is 1.81 bits per heavy atom. The van der Waals surface area contributed by atoms with E-state index in [1.165, 1.54) is 25.7 Å². The first kappa shape index (κ1) is 17.5. The van der Waals surface area contributed by atoms with Crippen LogP contribution in [0.2, 0.25) is 0 Å². The third-order valence-electron chi connectivity index (χ3n) is 5.85. The van der Waals surface area contributed by atoms with Gasteiger partial charge in [-0.25, -0.2) is 9.97 Å². The number of piperazine rings is 1. The molecule has 1 aromatic rings. The van der Waals surface area contributed by atoms with Crippen molar-refractivity contribution in [3.63, 3.8) is 0 Å². The molecule has 3 fully saturated rings. The van der Waals surface area contributed by atoms with Crippen molar-refractivity contribution in [1.82, 2.24) is 20.2 Å². The van der Waals surface area contributed by atoms with E-state index in [0.29, 0.717) is 12.1 Å². The van der Waals surface area contributed by atoms with Crippen LogP contribution < -0.4 is 15.5 Å². The van der Waals surface area contributed by atoms with Crippen molar-refractivity contribution >= 4 is 17.5 Å². The van der Waals surface area contributed by atoms with Gasteiger partial charge in [0.2, 0.25) is 5.91 Å². The monoisotopic (exact) mass is 358 g/mol. The van der Waals surface area contributed by atoms with Gasteiger partial charge in [-0.3, -0.25) is 9.69 Å². The standard InChI is InChI=1S/C19H30N6O/c1-14(19(26)23-15-4-2-3-5-15)24-8-10-25(11-9-24)18-12-17(20-13-21-18)22-16-6-7-16/h12-16H,2-11H2,1H3,(H,23,26)(H,20,21,22). The summed E-state index contributed by atoms with van der Waals surface area (Å²) in [5.41, 5.74) is 0. The highest BCUT2D eigenvalue weighted by molar-refractivity contribution is 5.81. The van der Waals surface area contributed by atoms with Gasteiger partial charge in [-0.2, -0.15) is 0 Å². The zero-order chi connectivity index (χ0) is 17.9. The first-order chi connectivity index (χ1) is 12.7. The second-order valence-corrected chi connectivity index (χ2v) is 7.87. The lowest BCUT2D eigenvalue weighted by molar-refractivity contribution is -0.126. The molecule has 2 N–H and O–H groups in total. The van der Waals surface area contributed by atoms with E-state index < -0.39 is 0 Å². The molecule has 1 saturated heterocycles. The highest BCUT2D eigenvalue weighted by Crippen LogP contribution is 2.25. The third kappa shape index (κ3) is 4.26. The van der Waals surface area contributed by atoms with Crippen LogP contribution in [0.1, 0.15) is 45.4 Å². The molecule has 3 aliphatic rings. The number of hydrogen-bond donors (Lipinski definition) is 2. The number of carbonyl (C=O) groups is 1. The van der Waals surface area contributed by atoms with Crippen molar-refractivity contribution in [1.29, 1.82) is 0 Å². The summed E-state index contributed by atoms with van der Waals surface area (Å²) in [4.78, 5) is 25.8. The Labute approximate surface area is 155 Å². The maximum Gasteiger partial charge on any atom is 0.237 e. The number of hydrogen-bond acceptors (Lipinski definition) is 6. The smallest absolute Gasteiger partial charge is 0.237 e. The van der Waals surface area contributed by atoms with Crippen LogP contribution in [0.15, 0.2) is 12.4 Å². The SMILES string of the molecule is CC(C(=O)NC1CCCC1)N1CCN(c2cc(NC3CC3)ncn2)CC1. The van der Waals surface area contributed by atoms with E-state index in [1.54, 1.807) is 6.33 Å². The maximum absolute atomic E-state index is 12.5. The van der Waals surface area contributed by atoms with E-state index in [0.717, 1.165) is 50.7 Å². The molecule has 0 aromatic carbocycles. The number of amides is 1. The lowest BCUT2D eigenvalue weighted by Crippen LogP contribution is -2.55. The largest absolute Gasteiger partial charge is 0.367 e. The van der Waals surface area contributed by atoms with E-state index in [1.807, 2.05) is 13.0 Å². The van der Waals surface area contributed by atoms with Crippen LogP contribution in [0.4, 0.5) is 11.6 Å². The summed E-state index contributed by atoms with van der Waals surface area (Å²) >= 11 is 0. The van der Waals surface area contributed by atoms with E-state index in [9.17, 15) is 4.79 Å². The molecule has 4 rings (SSSR count). The van der Waals surface area contributed by atoms with Crippen LogP contribution in [-0.2, 0) is 4.79 Å². The minimum absolute atomic E-state index is 0.0600. The Hall–Kier alpha value is -1.89. The number of aromatic nitrogens is 2. The Kier molecular flexibility index (Phi) is 5.24. The molecule has 1 aliphatic heterocycles. The van der Waals surface area contributed by atoms with E-state index >= 15 is 0 Å². The lowest BCUT2D eigenvalue weighted by Gasteiger charge is -2.38. The molecule has 2 heterocycles. The molecular formula is C19H30N6O. The van der Waals surface area contributed by atoms with Crippen molar-refractivity contribution in [2.75, 3.05) is 36.4 Å². The normalized spacial score (nSPS) is 23.0. The molecule has 142 valence electrons. The Morgan fingerprint density at radius 3 is 2.50 bits per heavy atom. The second-order valence-electron chi connectivity index (χ2n) is 7.87. The highest BCUT2D eigenvalue weighted by atomic mass is 16.2. The average Bonchev–Trinajstić information content (AvgIpc) is 3.33. The number of nitrogens with zero attached hydrogens (tertiary/aromatic N) is 4. The molecule has 1 unspecified atom stereocenters. The molecule has 2 saturated carbocycles. The van der Waals surface area contributed by atoms with Gasteiger partial charge in [0.15, 0.2) is 0 Å². The quantitative estimate of drug-likeness (QED) is 0.805. The van der Waals surface area contributed by atoms with Crippen LogP contribution in [0.5, 0.6) is 0 Å². The van der Waals surface area contributed by atoms with Gasteiger partial charge in [0.05, 0.1) is 6.04 Å². The fraction of sp³-hybridized carbons (Fsp3) is 0.737. The zero-order valence-corrected chi connectivity index (χ0v) is 15.7. The molecule has 0 spiro atoms. The molecule has 1 aromatic heterocycles. The molecule has 1 atom stereocenters. The molecule has 2 aliphatic carbocycles. The number of nitrogens with one attached hydrogen (secondary N) is 2. The Bertz CT molecular complexity index is 620. The Balaban J connectivity index is 1.28. The fourth-order valence-electron chi connectivity index (χ4n) is 3.93. The number of carbonyl (C=O) groups excluding carboxylic acids is 1. The molecule has 26 heavy (non-hydrogen) atoms. The summed E-state index contributed by atoms with van der Waals surface area (Å²) in [6, 6.07) is 2.97. The minimum Gasteiger partial charge on any atom is -0.367 e. The van der Waals surface area contributed by atoms with Crippen molar-refractivity contribution in [3.8, 4) is 0 Å². The number of anilines is 2. The van der Waals surface area contributed by atoms with Gasteiger partial charge >= 0.3 is 0 Å². The van der Waals surface area contributed by atoms with Crippen molar-refractivity contribution < 1.29 is 4.79 Å². The third-order valence-corrected chi connectivity index (χ3v) is 5.85.